The van der Waals surface area contributed by atoms with Crippen LogP contribution in [-0.2, 0) is 13.8 Å². The molecule has 0 heterocycles. The Morgan fingerprint density at radius 2 is 2.06 bits per heavy atom. The molecule has 1 rings (SSSR count). The Hall–Kier alpha value is -0.590. The van der Waals surface area contributed by atoms with E-state index in [2.05, 4.69) is 21.2 Å². The van der Waals surface area contributed by atoms with Crippen LogP contribution in [0.5, 0.6) is 0 Å². The average Bonchev–Trinajstić information content (AvgIpc) is 2.13. The number of hydrogen-bond donors (Lipinski definition) is 1. The van der Waals surface area contributed by atoms with Crippen molar-refractivity contribution in [2.24, 2.45) is 5.92 Å². The number of carbonyl (C=O) groups excluding carboxylic acids is 1. The largest absolute Gasteiger partial charge is 0.326 e. The second kappa shape index (κ2) is 6.04. The Balaban J connectivity index is 2.89. The summed E-state index contributed by atoms with van der Waals surface area (Å²) in [6, 6.07) is 4.35. The molecule has 4 nitrogen and oxygen atoms in total. The van der Waals surface area contributed by atoms with Gasteiger partial charge in [0.25, 0.3) is 9.05 Å². The van der Waals surface area contributed by atoms with Gasteiger partial charge in [-0.25, -0.2) is 8.42 Å². The summed E-state index contributed by atoms with van der Waals surface area (Å²) in [5.74, 6) is 0.148. The molecule has 0 aliphatic rings. The Labute approximate surface area is 119 Å². The van der Waals surface area contributed by atoms with Gasteiger partial charge in [0.2, 0.25) is 5.91 Å². The maximum absolute atomic E-state index is 11.5. The minimum absolute atomic E-state index is 0.0222. The van der Waals surface area contributed by atoms with Crippen molar-refractivity contribution in [3.05, 3.63) is 22.7 Å². The fourth-order valence-corrected chi connectivity index (χ4v) is 3.58. The molecule has 1 N–H and O–H groups in total. The van der Waals surface area contributed by atoms with Crippen LogP contribution in [0.25, 0.3) is 0 Å². The lowest BCUT2D eigenvalue weighted by Crippen LogP contribution is -2.13. The van der Waals surface area contributed by atoms with Crippen molar-refractivity contribution in [3.8, 4) is 0 Å². The predicted molar refractivity (Wildman–Crippen MR) is 75.3 cm³/mol. The standard InChI is InChI=1S/C11H13BrClNO3S/c1-7(2)5-11(15)14-8-3-4-10(9(12)6-8)18(13,16)17/h3-4,6-7H,5H2,1-2H3,(H,14,15). The Kier molecular flexibility index (Phi) is 5.19. The first kappa shape index (κ1) is 15.5. The fourth-order valence-electron chi connectivity index (χ4n) is 1.36. The molecule has 7 heteroatoms. The highest BCUT2D eigenvalue weighted by molar-refractivity contribution is 9.10. The summed E-state index contributed by atoms with van der Waals surface area (Å²) in [5, 5.41) is 2.69. The molecule has 1 aromatic rings. The van der Waals surface area contributed by atoms with Gasteiger partial charge >= 0.3 is 0 Å². The van der Waals surface area contributed by atoms with Crippen molar-refractivity contribution in [2.75, 3.05) is 5.32 Å². The quantitative estimate of drug-likeness (QED) is 0.843. The van der Waals surface area contributed by atoms with Crippen LogP contribution < -0.4 is 5.32 Å². The lowest BCUT2D eigenvalue weighted by Gasteiger charge is -2.08. The third kappa shape index (κ3) is 4.59. The minimum atomic E-state index is -3.79. The summed E-state index contributed by atoms with van der Waals surface area (Å²) >= 11 is 3.11. The van der Waals surface area contributed by atoms with E-state index in [1.54, 1.807) is 0 Å². The van der Waals surface area contributed by atoms with Crippen LogP contribution in [-0.4, -0.2) is 14.3 Å². The zero-order valence-electron chi connectivity index (χ0n) is 9.91. The van der Waals surface area contributed by atoms with Gasteiger partial charge in [-0.15, -0.1) is 0 Å². The van der Waals surface area contributed by atoms with E-state index >= 15 is 0 Å². The third-order valence-electron chi connectivity index (χ3n) is 2.07. The molecule has 0 saturated carbocycles. The SMILES string of the molecule is CC(C)CC(=O)Nc1ccc(S(=O)(=O)Cl)c(Br)c1. The number of halogens is 2. The molecule has 0 aliphatic carbocycles. The number of rotatable bonds is 4. The van der Waals surface area contributed by atoms with Gasteiger partial charge in [0.15, 0.2) is 0 Å². The molecule has 0 bridgehead atoms. The number of anilines is 1. The van der Waals surface area contributed by atoms with Gasteiger partial charge in [0, 0.05) is 27.3 Å². The molecule has 0 unspecified atom stereocenters. The number of hydrogen-bond acceptors (Lipinski definition) is 3. The van der Waals surface area contributed by atoms with Gasteiger partial charge in [0.1, 0.15) is 0 Å². The zero-order valence-corrected chi connectivity index (χ0v) is 13.1. The number of nitrogens with one attached hydrogen (secondary N) is 1. The van der Waals surface area contributed by atoms with Gasteiger partial charge in [-0.05, 0) is 40.0 Å². The molecular weight excluding hydrogens is 342 g/mol. The summed E-state index contributed by atoms with van der Waals surface area (Å²) in [7, 11) is 1.46. The Bertz CT molecular complexity index is 557. The van der Waals surface area contributed by atoms with E-state index in [0.717, 1.165) is 0 Å². The summed E-state index contributed by atoms with van der Waals surface area (Å²) in [6.07, 6.45) is 0.410. The number of benzene rings is 1. The maximum atomic E-state index is 11.5. The Morgan fingerprint density at radius 1 is 1.44 bits per heavy atom. The van der Waals surface area contributed by atoms with E-state index in [4.69, 9.17) is 10.7 Å². The first-order valence-electron chi connectivity index (χ1n) is 5.24. The van der Waals surface area contributed by atoms with Crippen LogP contribution in [0.1, 0.15) is 20.3 Å². The highest BCUT2D eigenvalue weighted by Crippen LogP contribution is 2.28. The van der Waals surface area contributed by atoms with E-state index < -0.39 is 9.05 Å². The first-order chi connectivity index (χ1) is 8.20. The topological polar surface area (TPSA) is 63.2 Å². The molecule has 0 saturated heterocycles. The monoisotopic (exact) mass is 353 g/mol. The van der Waals surface area contributed by atoms with Crippen molar-refractivity contribution in [2.45, 2.75) is 25.2 Å². The zero-order chi connectivity index (χ0) is 13.9. The molecule has 18 heavy (non-hydrogen) atoms. The van der Waals surface area contributed by atoms with Crippen LogP contribution in [0.3, 0.4) is 0 Å². The van der Waals surface area contributed by atoms with Crippen molar-refractivity contribution < 1.29 is 13.2 Å². The van der Waals surface area contributed by atoms with Crippen molar-refractivity contribution in [1.29, 1.82) is 0 Å². The maximum Gasteiger partial charge on any atom is 0.262 e. The Morgan fingerprint density at radius 3 is 2.50 bits per heavy atom. The molecule has 100 valence electrons. The molecule has 1 aromatic carbocycles. The summed E-state index contributed by atoms with van der Waals surface area (Å²) < 4.78 is 22.7. The molecule has 0 spiro atoms. The molecule has 1 amide bonds. The molecule has 0 radical (unpaired) electrons. The minimum Gasteiger partial charge on any atom is -0.326 e. The molecular formula is C11H13BrClNO3S. The molecule has 0 aliphatic heterocycles. The second-order valence-electron chi connectivity index (χ2n) is 4.23. The van der Waals surface area contributed by atoms with E-state index in [-0.39, 0.29) is 16.7 Å². The molecule has 0 atom stereocenters. The van der Waals surface area contributed by atoms with E-state index in [1.807, 2.05) is 13.8 Å². The third-order valence-corrected chi connectivity index (χ3v) is 4.37. The first-order valence-corrected chi connectivity index (χ1v) is 8.34. The lowest BCUT2D eigenvalue weighted by molar-refractivity contribution is -0.116. The smallest absolute Gasteiger partial charge is 0.262 e. The van der Waals surface area contributed by atoms with E-state index in [9.17, 15) is 13.2 Å². The van der Waals surface area contributed by atoms with E-state index in [0.29, 0.717) is 16.6 Å². The van der Waals surface area contributed by atoms with Gasteiger partial charge in [-0.3, -0.25) is 4.79 Å². The second-order valence-corrected chi connectivity index (χ2v) is 7.62. The van der Waals surface area contributed by atoms with Gasteiger partial charge < -0.3 is 5.32 Å². The van der Waals surface area contributed by atoms with Crippen LogP contribution >= 0.6 is 26.6 Å². The molecule has 0 fully saturated rings. The van der Waals surface area contributed by atoms with Crippen LogP contribution in [0.2, 0.25) is 0 Å². The van der Waals surface area contributed by atoms with Gasteiger partial charge in [-0.1, -0.05) is 13.8 Å². The van der Waals surface area contributed by atoms with Gasteiger partial charge in [-0.2, -0.15) is 0 Å². The van der Waals surface area contributed by atoms with Crippen LogP contribution in [0.4, 0.5) is 5.69 Å². The lowest BCUT2D eigenvalue weighted by atomic mass is 10.1. The van der Waals surface area contributed by atoms with Crippen LogP contribution in [0.15, 0.2) is 27.6 Å². The van der Waals surface area contributed by atoms with Crippen LogP contribution in [0, 0.1) is 5.92 Å². The van der Waals surface area contributed by atoms with Gasteiger partial charge in [0.05, 0.1) is 4.90 Å². The summed E-state index contributed by atoms with van der Waals surface area (Å²) in [4.78, 5) is 11.5. The summed E-state index contributed by atoms with van der Waals surface area (Å²) in [6.45, 7) is 3.89. The molecule has 0 aromatic heterocycles. The highest BCUT2D eigenvalue weighted by atomic mass is 79.9. The average molecular weight is 355 g/mol. The number of amides is 1. The van der Waals surface area contributed by atoms with E-state index in [1.165, 1.54) is 18.2 Å². The number of carbonyl (C=O) groups is 1. The van der Waals surface area contributed by atoms with Crippen molar-refractivity contribution in [1.82, 2.24) is 0 Å². The predicted octanol–water partition coefficient (Wildman–Crippen LogP) is 3.36. The normalized spacial score (nSPS) is 11.6. The summed E-state index contributed by atoms with van der Waals surface area (Å²) in [5.41, 5.74) is 0.525. The highest BCUT2D eigenvalue weighted by Gasteiger charge is 2.15. The van der Waals surface area contributed by atoms with Crippen molar-refractivity contribution >= 4 is 47.3 Å². The van der Waals surface area contributed by atoms with Crippen molar-refractivity contribution in [3.63, 3.8) is 0 Å². The fraction of sp³-hybridized carbons (Fsp3) is 0.364.